The van der Waals surface area contributed by atoms with Gasteiger partial charge in [-0.05, 0) is 24.1 Å². The van der Waals surface area contributed by atoms with Gasteiger partial charge >= 0.3 is 0 Å². The zero-order valence-electron chi connectivity index (χ0n) is 10.7. The van der Waals surface area contributed by atoms with Gasteiger partial charge in [0.25, 0.3) is 0 Å². The molecule has 94 valence electrons. The average molecular weight is 235 g/mol. The lowest BCUT2D eigenvalue weighted by molar-refractivity contribution is -0.0510. The summed E-state index contributed by atoms with van der Waals surface area (Å²) in [4.78, 5) is 0. The maximum absolute atomic E-state index is 9.68. The van der Waals surface area contributed by atoms with Gasteiger partial charge in [0.15, 0.2) is 0 Å². The zero-order chi connectivity index (χ0) is 12.5. The van der Waals surface area contributed by atoms with E-state index in [0.29, 0.717) is 12.6 Å². The Labute approximate surface area is 103 Å². The number of rotatable bonds is 4. The van der Waals surface area contributed by atoms with Gasteiger partial charge in [-0.15, -0.1) is 0 Å². The lowest BCUT2D eigenvalue weighted by atomic mass is 9.64. The highest BCUT2D eigenvalue weighted by Gasteiger charge is 2.47. The van der Waals surface area contributed by atoms with Crippen molar-refractivity contribution in [3.8, 4) is 0 Å². The second-order valence-electron chi connectivity index (χ2n) is 5.40. The Kier molecular flexibility index (Phi) is 3.40. The minimum atomic E-state index is -0.187. The van der Waals surface area contributed by atoms with Gasteiger partial charge in [0.05, 0.1) is 12.7 Å². The smallest absolute Gasteiger partial charge is 0.0713 e. The molecule has 0 aromatic heterocycles. The fraction of sp³-hybridized carbons (Fsp3) is 0.571. The van der Waals surface area contributed by atoms with Crippen LogP contribution in [-0.2, 0) is 11.3 Å². The van der Waals surface area contributed by atoms with Crippen LogP contribution in [0.5, 0.6) is 0 Å². The lowest BCUT2D eigenvalue weighted by Gasteiger charge is -2.49. The molecular formula is C14H21NO2. The summed E-state index contributed by atoms with van der Waals surface area (Å²) in [7, 11) is 1.70. The molecule has 2 unspecified atom stereocenters. The Balaban J connectivity index is 1.96. The summed E-state index contributed by atoms with van der Waals surface area (Å²) < 4.78 is 5.07. The highest BCUT2D eigenvalue weighted by atomic mass is 16.5. The molecule has 0 bridgehead atoms. The van der Waals surface area contributed by atoms with Crippen molar-refractivity contribution in [2.75, 3.05) is 12.4 Å². The monoisotopic (exact) mass is 235 g/mol. The van der Waals surface area contributed by atoms with E-state index in [4.69, 9.17) is 4.74 Å². The Bertz CT molecular complexity index is 372. The molecule has 3 heteroatoms. The van der Waals surface area contributed by atoms with E-state index in [2.05, 4.69) is 43.4 Å². The molecule has 17 heavy (non-hydrogen) atoms. The summed E-state index contributed by atoms with van der Waals surface area (Å²) in [5.74, 6) is 0. The summed E-state index contributed by atoms with van der Waals surface area (Å²) >= 11 is 0. The van der Waals surface area contributed by atoms with Gasteiger partial charge in [0.1, 0.15) is 0 Å². The van der Waals surface area contributed by atoms with Crippen LogP contribution in [0.15, 0.2) is 24.3 Å². The van der Waals surface area contributed by atoms with E-state index in [-0.39, 0.29) is 11.5 Å². The van der Waals surface area contributed by atoms with Crippen molar-refractivity contribution in [3.63, 3.8) is 0 Å². The van der Waals surface area contributed by atoms with E-state index in [1.165, 1.54) is 5.56 Å². The number of nitrogens with one attached hydrogen (secondary N) is 1. The second-order valence-corrected chi connectivity index (χ2v) is 5.40. The van der Waals surface area contributed by atoms with Gasteiger partial charge in [-0.2, -0.15) is 0 Å². The Morgan fingerprint density at radius 3 is 2.47 bits per heavy atom. The molecule has 1 aliphatic rings. The first-order chi connectivity index (χ1) is 8.04. The summed E-state index contributed by atoms with van der Waals surface area (Å²) in [5.41, 5.74) is 2.24. The summed E-state index contributed by atoms with van der Waals surface area (Å²) in [5, 5.41) is 13.1. The Morgan fingerprint density at radius 2 is 2.00 bits per heavy atom. The van der Waals surface area contributed by atoms with E-state index in [1.54, 1.807) is 7.11 Å². The zero-order valence-corrected chi connectivity index (χ0v) is 10.7. The molecule has 0 heterocycles. The predicted molar refractivity (Wildman–Crippen MR) is 69.0 cm³/mol. The van der Waals surface area contributed by atoms with Gasteiger partial charge in [-0.3, -0.25) is 0 Å². The van der Waals surface area contributed by atoms with E-state index < -0.39 is 0 Å². The van der Waals surface area contributed by atoms with Gasteiger partial charge < -0.3 is 15.2 Å². The summed E-state index contributed by atoms with van der Waals surface area (Å²) in [6.07, 6.45) is 0.639. The molecule has 2 N–H and O–H groups in total. The second kappa shape index (κ2) is 4.67. The summed E-state index contributed by atoms with van der Waals surface area (Å²) in [6.45, 7) is 4.84. The summed E-state index contributed by atoms with van der Waals surface area (Å²) in [6, 6.07) is 8.61. The van der Waals surface area contributed by atoms with Crippen molar-refractivity contribution in [2.45, 2.75) is 39.0 Å². The number of aliphatic hydroxyl groups excluding tert-OH is 1. The van der Waals surface area contributed by atoms with Crippen LogP contribution in [0, 0.1) is 5.41 Å². The minimum Gasteiger partial charge on any atom is -0.392 e. The number of methoxy groups -OCH3 is 1. The molecule has 0 saturated heterocycles. The van der Waals surface area contributed by atoms with Crippen molar-refractivity contribution in [1.29, 1.82) is 0 Å². The van der Waals surface area contributed by atoms with Crippen LogP contribution >= 0.6 is 0 Å². The van der Waals surface area contributed by atoms with Gasteiger partial charge in [0.2, 0.25) is 0 Å². The molecule has 1 aliphatic carbocycles. The first kappa shape index (κ1) is 12.4. The largest absolute Gasteiger partial charge is 0.392 e. The quantitative estimate of drug-likeness (QED) is 0.842. The van der Waals surface area contributed by atoms with Crippen molar-refractivity contribution in [2.24, 2.45) is 5.41 Å². The molecule has 1 fully saturated rings. The molecule has 3 nitrogen and oxygen atoms in total. The van der Waals surface area contributed by atoms with Crippen LogP contribution in [0.25, 0.3) is 0 Å². The maximum atomic E-state index is 9.68. The Morgan fingerprint density at radius 1 is 1.35 bits per heavy atom. The molecule has 0 aliphatic heterocycles. The highest BCUT2D eigenvalue weighted by Crippen LogP contribution is 2.42. The number of anilines is 1. The van der Waals surface area contributed by atoms with Gasteiger partial charge in [-0.1, -0.05) is 26.0 Å². The average Bonchev–Trinajstić information content (AvgIpc) is 2.31. The topological polar surface area (TPSA) is 41.5 Å². The first-order valence-corrected chi connectivity index (χ1v) is 6.06. The van der Waals surface area contributed by atoms with Crippen LogP contribution < -0.4 is 5.32 Å². The van der Waals surface area contributed by atoms with E-state index in [9.17, 15) is 5.11 Å². The number of ether oxygens (including phenoxy) is 1. The van der Waals surface area contributed by atoms with Gasteiger partial charge in [0, 0.05) is 24.3 Å². The fourth-order valence-corrected chi connectivity index (χ4v) is 2.21. The molecule has 2 rings (SSSR count). The van der Waals surface area contributed by atoms with E-state index >= 15 is 0 Å². The van der Waals surface area contributed by atoms with Crippen LogP contribution in [0.2, 0.25) is 0 Å². The number of benzene rings is 1. The standard InChI is InChI=1S/C14H21NO2/c1-14(2)12(8-13(14)16)15-11-6-4-10(5-7-11)9-17-3/h4-7,12-13,15-16H,8-9H2,1-3H3. The van der Waals surface area contributed by atoms with Crippen molar-refractivity contribution < 1.29 is 9.84 Å². The molecule has 0 amide bonds. The number of hydrogen-bond acceptors (Lipinski definition) is 3. The SMILES string of the molecule is COCc1ccc(NC2CC(O)C2(C)C)cc1. The number of hydrogen-bond donors (Lipinski definition) is 2. The van der Waals surface area contributed by atoms with E-state index in [0.717, 1.165) is 12.1 Å². The third-order valence-corrected chi connectivity index (χ3v) is 3.82. The predicted octanol–water partition coefficient (Wildman–Crippen LogP) is 2.40. The molecule has 1 aromatic carbocycles. The normalized spacial score (nSPS) is 26.4. The van der Waals surface area contributed by atoms with Crippen LogP contribution in [0.1, 0.15) is 25.8 Å². The lowest BCUT2D eigenvalue weighted by Crippen LogP contribution is -2.56. The van der Waals surface area contributed by atoms with Crippen molar-refractivity contribution in [1.82, 2.24) is 0 Å². The molecule has 1 saturated carbocycles. The Hall–Kier alpha value is -1.06. The molecule has 1 aromatic rings. The highest BCUT2D eigenvalue weighted by molar-refractivity contribution is 5.46. The minimum absolute atomic E-state index is 0.0365. The first-order valence-electron chi connectivity index (χ1n) is 6.06. The molecular weight excluding hydrogens is 214 g/mol. The molecule has 2 atom stereocenters. The van der Waals surface area contributed by atoms with Crippen molar-refractivity contribution >= 4 is 5.69 Å². The van der Waals surface area contributed by atoms with Crippen LogP contribution in [0.3, 0.4) is 0 Å². The third kappa shape index (κ3) is 2.45. The van der Waals surface area contributed by atoms with Crippen LogP contribution in [-0.4, -0.2) is 24.4 Å². The van der Waals surface area contributed by atoms with Gasteiger partial charge in [-0.25, -0.2) is 0 Å². The van der Waals surface area contributed by atoms with Crippen molar-refractivity contribution in [3.05, 3.63) is 29.8 Å². The third-order valence-electron chi connectivity index (χ3n) is 3.82. The van der Waals surface area contributed by atoms with Crippen LogP contribution in [0.4, 0.5) is 5.69 Å². The maximum Gasteiger partial charge on any atom is 0.0713 e. The van der Waals surface area contributed by atoms with E-state index in [1.807, 2.05) is 0 Å². The number of aliphatic hydroxyl groups is 1. The fourth-order valence-electron chi connectivity index (χ4n) is 2.21. The molecule has 0 radical (unpaired) electrons. The molecule has 0 spiro atoms.